The van der Waals surface area contributed by atoms with Crippen molar-refractivity contribution in [3.05, 3.63) is 47.6 Å². The van der Waals surface area contributed by atoms with Gasteiger partial charge in [-0.3, -0.25) is 19.2 Å². The fourth-order valence-corrected chi connectivity index (χ4v) is 10.1. The number of rotatable bonds is 6. The molecule has 2 unspecified atom stereocenters. The van der Waals surface area contributed by atoms with Gasteiger partial charge < -0.3 is 43.9 Å². The predicted molar refractivity (Wildman–Crippen MR) is 245 cm³/mol. The first-order valence-electron chi connectivity index (χ1n) is 23.9. The Morgan fingerprint density at radius 3 is 2.25 bits per heavy atom. The van der Waals surface area contributed by atoms with Crippen LogP contribution in [0.3, 0.4) is 0 Å². The zero-order chi connectivity index (χ0) is 48.2. The summed E-state index contributed by atoms with van der Waals surface area (Å²) in [7, 11) is 4.52. The van der Waals surface area contributed by atoms with Crippen molar-refractivity contribution in [3.63, 3.8) is 0 Å². The average Bonchev–Trinajstić information content (AvgIpc) is 3.28. The van der Waals surface area contributed by atoms with E-state index < -0.39 is 83.9 Å². The Morgan fingerprint density at radius 2 is 1.57 bits per heavy atom. The number of nitrogens with zero attached hydrogens (tertiary/aromatic N) is 1. The molecule has 2 bridgehead atoms. The fraction of sp³-hybridized carbons (Fsp3) is 0.745. The molecule has 3 heterocycles. The highest BCUT2D eigenvalue weighted by Gasteiger charge is 2.53. The minimum atomic E-state index is -2.43. The van der Waals surface area contributed by atoms with Gasteiger partial charge in [0, 0.05) is 58.5 Å². The summed E-state index contributed by atoms with van der Waals surface area (Å²) >= 11 is 0. The maximum atomic E-state index is 14.4. The van der Waals surface area contributed by atoms with Crippen molar-refractivity contribution in [1.82, 2.24) is 4.90 Å². The van der Waals surface area contributed by atoms with Gasteiger partial charge in [0.2, 0.25) is 5.79 Å². The van der Waals surface area contributed by atoms with Gasteiger partial charge in [-0.25, -0.2) is 4.79 Å². The molecule has 1 amide bonds. The fourth-order valence-electron chi connectivity index (χ4n) is 10.1. The lowest BCUT2D eigenvalue weighted by Crippen LogP contribution is -2.61. The van der Waals surface area contributed by atoms with Crippen molar-refractivity contribution in [2.24, 2.45) is 35.5 Å². The molecule has 2 saturated heterocycles. The largest absolute Gasteiger partial charge is 0.460 e. The number of amides is 1. The molecule has 0 aromatic heterocycles. The van der Waals surface area contributed by atoms with Gasteiger partial charge in [-0.1, -0.05) is 71.1 Å². The summed E-state index contributed by atoms with van der Waals surface area (Å²) < 4.78 is 29.4. The molecule has 3 fully saturated rings. The summed E-state index contributed by atoms with van der Waals surface area (Å²) in [5.74, 6) is -7.96. The van der Waals surface area contributed by atoms with E-state index in [-0.39, 0.29) is 54.8 Å². The van der Waals surface area contributed by atoms with Crippen LogP contribution in [0.4, 0.5) is 0 Å². The molecule has 15 atom stereocenters. The van der Waals surface area contributed by atoms with Crippen LogP contribution >= 0.6 is 0 Å². The topological polar surface area (TPSA) is 195 Å². The first kappa shape index (κ1) is 54.2. The quantitative estimate of drug-likeness (QED) is 0.156. The molecule has 0 aromatic rings. The van der Waals surface area contributed by atoms with Crippen LogP contribution in [0.15, 0.2) is 47.6 Å². The van der Waals surface area contributed by atoms with Gasteiger partial charge >= 0.3 is 5.97 Å². The standard InChI is InChI=1S/C51H79NO13/c1-30-16-12-11-13-17-31(2)42(61-8)28-38-21-19-36(7)51(60,65-38)48(57)49(58)52-23-15-14-18-39(52)50(59)64-43(33(4)26-37-20-22-40(53)44(27-37)62-9)29-41(54)32(3)25-35(6)46(56)47(63-10)45(55)34(5)24-30/h11-13,16-17,25,30,32-34,36-40,42-44,46-47,53,56,60H,14-15,18-24,26-29H2,1-10H3/t30-,32-,33?,34-,36-,37?,38+,39+,40-,42+,43+,44-,46-,47+,51-/m1/s1. The molecule has 4 aliphatic rings. The molecule has 14 nitrogen and oxygen atoms in total. The van der Waals surface area contributed by atoms with E-state index in [2.05, 4.69) is 0 Å². The molecular formula is C51H79NO13. The maximum absolute atomic E-state index is 14.4. The highest BCUT2D eigenvalue weighted by atomic mass is 16.6. The number of carbonyl (C=O) groups excluding carboxylic acids is 5. The second-order valence-electron chi connectivity index (χ2n) is 19.6. The Kier molecular flexibility index (Phi) is 21.0. The molecule has 14 heteroatoms. The second kappa shape index (κ2) is 25.1. The number of allylic oxidation sites excluding steroid dienone is 6. The third-order valence-corrected chi connectivity index (χ3v) is 14.5. The molecule has 0 spiro atoms. The SMILES string of the molecule is CO[C@H]1C[C@@H]2CC[C@@H](C)[C@@](O)(O2)C(=O)C(=O)N2CCCC[C@H]2C(=O)O[C@H](C(C)CC2CC[C@@H](O)[C@H](OC)C2)CC(=O)[C@H](C)C=C(C)[C@@H](O)[C@@H](OC)C(=O)[C@H](C)C[C@H](C)C=CC=CC=C1C. The van der Waals surface area contributed by atoms with Crippen LogP contribution < -0.4 is 0 Å². The van der Waals surface area contributed by atoms with E-state index in [9.17, 15) is 39.3 Å². The van der Waals surface area contributed by atoms with Gasteiger partial charge in [-0.05, 0) is 107 Å². The Hall–Kier alpha value is -3.37. The smallest absolute Gasteiger partial charge is 0.329 e. The van der Waals surface area contributed by atoms with Crippen LogP contribution in [0.1, 0.15) is 126 Å². The number of aliphatic hydroxyl groups excluding tert-OH is 2. The number of fused-ring (bicyclic) bond motifs is 3. The predicted octanol–water partition coefficient (Wildman–Crippen LogP) is 6.18. The molecule has 366 valence electrons. The van der Waals surface area contributed by atoms with Crippen LogP contribution in [0.5, 0.6) is 0 Å². The number of methoxy groups -OCH3 is 3. The molecule has 1 aliphatic carbocycles. The van der Waals surface area contributed by atoms with Crippen molar-refractivity contribution < 1.29 is 63.0 Å². The van der Waals surface area contributed by atoms with E-state index in [1.807, 2.05) is 58.1 Å². The molecule has 4 rings (SSSR count). The average molecular weight is 914 g/mol. The number of carbonyl (C=O) groups is 5. The highest BCUT2D eigenvalue weighted by molar-refractivity contribution is 6.39. The number of piperidine rings is 1. The van der Waals surface area contributed by atoms with Gasteiger partial charge in [-0.2, -0.15) is 0 Å². The Balaban J connectivity index is 1.70. The van der Waals surface area contributed by atoms with Crippen LogP contribution in [0.2, 0.25) is 0 Å². The summed E-state index contributed by atoms with van der Waals surface area (Å²) in [6.45, 7) is 12.7. The van der Waals surface area contributed by atoms with Crippen molar-refractivity contribution in [2.45, 2.75) is 180 Å². The Labute approximate surface area is 387 Å². The first-order chi connectivity index (χ1) is 30.7. The normalized spacial score (nSPS) is 37.8. The van der Waals surface area contributed by atoms with E-state index in [4.69, 9.17) is 23.7 Å². The van der Waals surface area contributed by atoms with Gasteiger partial charge in [0.25, 0.3) is 11.7 Å². The van der Waals surface area contributed by atoms with Gasteiger partial charge in [-0.15, -0.1) is 0 Å². The van der Waals surface area contributed by atoms with Crippen molar-refractivity contribution in [3.8, 4) is 0 Å². The van der Waals surface area contributed by atoms with Gasteiger partial charge in [0.05, 0.1) is 24.4 Å². The van der Waals surface area contributed by atoms with Gasteiger partial charge in [0.15, 0.2) is 5.78 Å². The minimum Gasteiger partial charge on any atom is -0.460 e. The monoisotopic (exact) mass is 914 g/mol. The number of aliphatic hydroxyl groups is 3. The molecular weight excluding hydrogens is 835 g/mol. The second-order valence-corrected chi connectivity index (χ2v) is 19.6. The van der Waals surface area contributed by atoms with E-state index >= 15 is 0 Å². The number of ether oxygens (including phenoxy) is 5. The van der Waals surface area contributed by atoms with E-state index in [0.717, 1.165) is 12.0 Å². The third-order valence-electron chi connectivity index (χ3n) is 14.5. The van der Waals surface area contributed by atoms with Crippen LogP contribution in [-0.4, -0.2) is 132 Å². The van der Waals surface area contributed by atoms with Crippen LogP contribution in [0, 0.1) is 35.5 Å². The molecule has 3 N–H and O–H groups in total. The number of esters is 1. The summed E-state index contributed by atoms with van der Waals surface area (Å²) in [5, 5.41) is 33.8. The first-order valence-corrected chi connectivity index (χ1v) is 23.9. The Morgan fingerprint density at radius 1 is 0.846 bits per heavy atom. The Bertz CT molecular complexity index is 1760. The third kappa shape index (κ3) is 14.3. The van der Waals surface area contributed by atoms with E-state index in [1.165, 1.54) is 12.0 Å². The van der Waals surface area contributed by atoms with Crippen molar-refractivity contribution in [1.29, 1.82) is 0 Å². The summed E-state index contributed by atoms with van der Waals surface area (Å²) in [6, 6.07) is -1.14. The zero-order valence-corrected chi connectivity index (χ0v) is 40.6. The molecule has 0 aromatic carbocycles. The van der Waals surface area contributed by atoms with Crippen LogP contribution in [-0.2, 0) is 47.7 Å². The highest BCUT2D eigenvalue weighted by Crippen LogP contribution is 2.38. The number of ketones is 3. The number of cyclic esters (lactones) is 1. The van der Waals surface area contributed by atoms with Crippen LogP contribution in [0.25, 0.3) is 0 Å². The maximum Gasteiger partial charge on any atom is 0.329 e. The summed E-state index contributed by atoms with van der Waals surface area (Å²) in [4.78, 5) is 71.8. The molecule has 65 heavy (non-hydrogen) atoms. The van der Waals surface area contributed by atoms with Crippen molar-refractivity contribution in [2.75, 3.05) is 27.9 Å². The summed E-state index contributed by atoms with van der Waals surface area (Å²) in [6.07, 6.45) is 11.2. The molecule has 0 radical (unpaired) electrons. The van der Waals surface area contributed by atoms with E-state index in [0.29, 0.717) is 63.4 Å². The number of hydrogen-bond donors (Lipinski definition) is 3. The van der Waals surface area contributed by atoms with E-state index in [1.54, 1.807) is 41.1 Å². The van der Waals surface area contributed by atoms with Gasteiger partial charge in [0.1, 0.15) is 30.1 Å². The minimum absolute atomic E-state index is 0.0193. The molecule has 3 aliphatic heterocycles. The number of Topliss-reactive ketones (excluding diaryl/α,β-unsaturated/α-hetero) is 3. The number of hydrogen-bond acceptors (Lipinski definition) is 13. The lowest BCUT2D eigenvalue weighted by atomic mass is 9.78. The molecule has 1 saturated carbocycles. The van der Waals surface area contributed by atoms with Crippen molar-refractivity contribution >= 4 is 29.2 Å². The lowest BCUT2D eigenvalue weighted by Gasteiger charge is -2.42. The lowest BCUT2D eigenvalue weighted by molar-refractivity contribution is -0.265. The summed E-state index contributed by atoms with van der Waals surface area (Å²) in [5.41, 5.74) is 1.27. The zero-order valence-electron chi connectivity index (χ0n) is 40.6.